The molecule has 0 saturated carbocycles. The Morgan fingerprint density at radius 2 is 0.877 bits per heavy atom. The summed E-state index contributed by atoms with van der Waals surface area (Å²) in [6, 6.07) is 91.2. The van der Waals surface area contributed by atoms with Gasteiger partial charge in [0.05, 0.1) is 5.41 Å². The zero-order valence-corrected chi connectivity index (χ0v) is 41.5. The number of hydrogen-bond donors (Lipinski definition) is 0. The van der Waals surface area contributed by atoms with Gasteiger partial charge in [0.1, 0.15) is 0 Å². The van der Waals surface area contributed by atoms with Crippen LogP contribution >= 0.6 is 0 Å². The van der Waals surface area contributed by atoms with Crippen molar-refractivity contribution in [2.45, 2.75) is 38.5 Å². The van der Waals surface area contributed by atoms with E-state index in [1.165, 1.54) is 112 Å². The number of aryl methyl sites for hydroxylation is 2. The second-order valence-corrected chi connectivity index (χ2v) is 19.7. The fraction of sp³-hybridized carbons (Fsp3) is 0.0833. The molecule has 0 radical (unpaired) electrons. The molecule has 0 amide bonds. The van der Waals surface area contributed by atoms with Crippen molar-refractivity contribution in [1.82, 2.24) is 0 Å². The summed E-state index contributed by atoms with van der Waals surface area (Å²) in [5, 5.41) is 0. The quantitative estimate of drug-likeness (QED) is 0.139. The molecular weight excluding hydrogens is 879 g/mol. The van der Waals surface area contributed by atoms with Crippen molar-refractivity contribution in [2.75, 3.05) is 4.90 Å². The van der Waals surface area contributed by atoms with Gasteiger partial charge >= 0.3 is 0 Å². The standard InChI is InChI=1S/C53H41N.C19H16/c1-36-17-21-38(22-18-36)42-23-24-43-35-51(40-11-5-3-6-12-40)53(52(43)34-42)49-16-10-9-15-47(49)48-33-41(27-32-50(48)53)39-25-30-46(31-26-39)54(44-13-7-4-8-14-44)45-28-19-37(2)20-29-45;1-3-7-16(8-4-1)15-17-11-13-19(14-12-17)18-9-5-2-6-10-18/h3,5-7,9-35H,4,8H2,1-2H3;1-14H,15H2. The molecule has 1 spiro atoms. The third kappa shape index (κ3) is 8.79. The molecule has 0 heterocycles. The fourth-order valence-electron chi connectivity index (χ4n) is 11.3. The normalized spacial score (nSPS) is 14.8. The molecule has 0 bridgehead atoms. The van der Waals surface area contributed by atoms with Crippen molar-refractivity contribution in [3.8, 4) is 44.5 Å². The SMILES string of the molecule is Cc1ccc(-c2ccc3c(c2)C2(C(c4ccccc4)=C3)c3ccccc3-c3cc(-c4ccc(N(C5=CCCC=C5)c5ccc(C)cc5)cc4)ccc32)cc1.c1ccc(Cc2ccc(-c3ccccc3)cc2)cc1. The lowest BCUT2D eigenvalue weighted by molar-refractivity contribution is 0.842. The average molecular weight is 936 g/mol. The van der Waals surface area contributed by atoms with Gasteiger partial charge in [0, 0.05) is 17.1 Å². The van der Waals surface area contributed by atoms with Gasteiger partial charge in [0.15, 0.2) is 0 Å². The van der Waals surface area contributed by atoms with Crippen LogP contribution < -0.4 is 4.90 Å². The number of allylic oxidation sites excluding steroid dienone is 4. The van der Waals surface area contributed by atoms with E-state index in [2.05, 4.69) is 286 Å². The molecule has 0 aliphatic heterocycles. The number of benzene rings is 10. The lowest BCUT2D eigenvalue weighted by atomic mass is 9.67. The Labute approximate surface area is 431 Å². The smallest absolute Gasteiger partial charge is 0.0725 e. The van der Waals surface area contributed by atoms with Crippen LogP contribution in [-0.2, 0) is 11.8 Å². The van der Waals surface area contributed by atoms with E-state index in [0.29, 0.717) is 0 Å². The van der Waals surface area contributed by atoms with E-state index in [9.17, 15) is 0 Å². The number of hydrogen-bond acceptors (Lipinski definition) is 1. The first-order valence-electron chi connectivity index (χ1n) is 25.8. The van der Waals surface area contributed by atoms with Crippen molar-refractivity contribution in [3.63, 3.8) is 0 Å². The number of fused-ring (bicyclic) bond motifs is 7. The van der Waals surface area contributed by atoms with Gasteiger partial charge in [0.25, 0.3) is 0 Å². The van der Waals surface area contributed by atoms with E-state index in [0.717, 1.165) is 24.9 Å². The van der Waals surface area contributed by atoms with Gasteiger partial charge < -0.3 is 4.90 Å². The van der Waals surface area contributed by atoms with E-state index >= 15 is 0 Å². The molecule has 0 saturated heterocycles. The van der Waals surface area contributed by atoms with Crippen LogP contribution in [0.3, 0.4) is 0 Å². The molecule has 3 aliphatic carbocycles. The number of anilines is 2. The second kappa shape index (κ2) is 19.8. The van der Waals surface area contributed by atoms with E-state index in [1.54, 1.807) is 0 Å². The summed E-state index contributed by atoms with van der Waals surface area (Å²) in [5.74, 6) is 0. The maximum Gasteiger partial charge on any atom is 0.0725 e. The Bertz CT molecular complexity index is 3660. The highest BCUT2D eigenvalue weighted by molar-refractivity contribution is 6.06. The molecular formula is C72H57N. The van der Waals surface area contributed by atoms with Gasteiger partial charge in [-0.3, -0.25) is 0 Å². The van der Waals surface area contributed by atoms with Crippen LogP contribution in [0, 0.1) is 13.8 Å². The van der Waals surface area contributed by atoms with E-state index in [-0.39, 0.29) is 0 Å². The van der Waals surface area contributed by atoms with Crippen molar-refractivity contribution < 1.29 is 0 Å². The molecule has 0 aromatic heterocycles. The average Bonchev–Trinajstić information content (AvgIpc) is 3.95. The highest BCUT2D eigenvalue weighted by Gasteiger charge is 2.51. The maximum atomic E-state index is 2.46. The minimum atomic E-state index is -0.429. The molecule has 13 rings (SSSR count). The van der Waals surface area contributed by atoms with Crippen LogP contribution in [0.1, 0.15) is 62.9 Å². The highest BCUT2D eigenvalue weighted by atomic mass is 15.1. The zero-order valence-electron chi connectivity index (χ0n) is 41.5. The van der Waals surface area contributed by atoms with Crippen LogP contribution in [0.2, 0.25) is 0 Å². The summed E-state index contributed by atoms with van der Waals surface area (Å²) in [6.45, 7) is 4.30. The van der Waals surface area contributed by atoms with Crippen molar-refractivity contribution >= 4 is 23.0 Å². The molecule has 0 N–H and O–H groups in total. The predicted octanol–water partition coefficient (Wildman–Crippen LogP) is 18.8. The third-order valence-electron chi connectivity index (χ3n) is 15.0. The summed E-state index contributed by atoms with van der Waals surface area (Å²) >= 11 is 0. The van der Waals surface area contributed by atoms with E-state index in [4.69, 9.17) is 0 Å². The Morgan fingerprint density at radius 1 is 0.384 bits per heavy atom. The van der Waals surface area contributed by atoms with Crippen molar-refractivity contribution in [3.05, 3.63) is 323 Å². The summed E-state index contributed by atoms with van der Waals surface area (Å²) < 4.78 is 0. The van der Waals surface area contributed by atoms with Gasteiger partial charge in [0.2, 0.25) is 0 Å². The number of nitrogens with zero attached hydrogens (tertiary/aromatic N) is 1. The summed E-state index contributed by atoms with van der Waals surface area (Å²) in [7, 11) is 0. The molecule has 1 unspecified atom stereocenters. The maximum absolute atomic E-state index is 2.46. The molecule has 10 aromatic rings. The summed E-state index contributed by atoms with van der Waals surface area (Å²) in [4.78, 5) is 2.38. The van der Waals surface area contributed by atoms with E-state index < -0.39 is 5.41 Å². The molecule has 3 aliphatic rings. The Hall–Kier alpha value is -8.78. The largest absolute Gasteiger partial charge is 0.311 e. The van der Waals surface area contributed by atoms with E-state index in [1.807, 2.05) is 6.07 Å². The monoisotopic (exact) mass is 935 g/mol. The summed E-state index contributed by atoms with van der Waals surface area (Å²) in [5.41, 5.74) is 26.4. The first-order valence-corrected chi connectivity index (χ1v) is 25.8. The predicted molar refractivity (Wildman–Crippen MR) is 309 cm³/mol. The molecule has 0 fully saturated rings. The Morgan fingerprint density at radius 3 is 1.55 bits per heavy atom. The van der Waals surface area contributed by atoms with Crippen molar-refractivity contribution in [1.29, 1.82) is 0 Å². The molecule has 1 nitrogen and oxygen atoms in total. The Kier molecular flexibility index (Phi) is 12.3. The molecule has 1 heteroatoms. The van der Waals surface area contributed by atoms with Gasteiger partial charge in [-0.2, -0.15) is 0 Å². The molecule has 1 atom stereocenters. The van der Waals surface area contributed by atoms with Gasteiger partial charge in [-0.05, 0) is 171 Å². The topological polar surface area (TPSA) is 3.24 Å². The van der Waals surface area contributed by atoms with Crippen LogP contribution in [-0.4, -0.2) is 0 Å². The molecule has 10 aromatic carbocycles. The minimum Gasteiger partial charge on any atom is -0.311 e. The zero-order chi connectivity index (χ0) is 49.1. The molecule has 73 heavy (non-hydrogen) atoms. The van der Waals surface area contributed by atoms with Crippen LogP contribution in [0.4, 0.5) is 11.4 Å². The number of rotatable bonds is 9. The third-order valence-corrected chi connectivity index (χ3v) is 15.0. The lowest BCUT2D eigenvalue weighted by Crippen LogP contribution is -2.26. The first-order chi connectivity index (χ1) is 36.0. The van der Waals surface area contributed by atoms with Crippen LogP contribution in [0.15, 0.2) is 273 Å². The highest BCUT2D eigenvalue weighted by Crippen LogP contribution is 2.63. The Balaban J connectivity index is 0.000000239. The lowest BCUT2D eigenvalue weighted by Gasteiger charge is -2.33. The summed E-state index contributed by atoms with van der Waals surface area (Å²) in [6.07, 6.45) is 12.5. The second-order valence-electron chi connectivity index (χ2n) is 19.7. The van der Waals surface area contributed by atoms with Crippen LogP contribution in [0.5, 0.6) is 0 Å². The molecule has 350 valence electrons. The fourth-order valence-corrected chi connectivity index (χ4v) is 11.3. The minimum absolute atomic E-state index is 0.429. The van der Waals surface area contributed by atoms with Gasteiger partial charge in [-0.1, -0.05) is 236 Å². The first kappa shape index (κ1) is 45.4. The van der Waals surface area contributed by atoms with Crippen molar-refractivity contribution in [2.24, 2.45) is 0 Å². The van der Waals surface area contributed by atoms with Gasteiger partial charge in [-0.25, -0.2) is 0 Å². The van der Waals surface area contributed by atoms with Gasteiger partial charge in [-0.15, -0.1) is 0 Å². The van der Waals surface area contributed by atoms with Crippen LogP contribution in [0.25, 0.3) is 56.2 Å².